The van der Waals surface area contributed by atoms with Gasteiger partial charge in [0.25, 0.3) is 0 Å². The summed E-state index contributed by atoms with van der Waals surface area (Å²) in [4.78, 5) is 34.0. The predicted molar refractivity (Wildman–Crippen MR) is 164 cm³/mol. The summed E-state index contributed by atoms with van der Waals surface area (Å²) in [6.07, 6.45) is 14.9. The van der Waals surface area contributed by atoms with Crippen LogP contribution in [-0.4, -0.2) is 52.8 Å². The zero-order valence-corrected chi connectivity index (χ0v) is 24.0. The molecule has 2 aliphatic heterocycles. The Morgan fingerprint density at radius 2 is 1.95 bits per heavy atom. The van der Waals surface area contributed by atoms with Crippen molar-refractivity contribution in [2.45, 2.75) is 51.5 Å². The molecule has 0 radical (unpaired) electrons. The van der Waals surface area contributed by atoms with E-state index >= 15 is 0 Å². The lowest BCUT2D eigenvalue weighted by atomic mass is 9.78. The molecule has 0 bridgehead atoms. The van der Waals surface area contributed by atoms with E-state index in [0.717, 1.165) is 66.4 Å². The van der Waals surface area contributed by atoms with Crippen LogP contribution in [-0.2, 0) is 14.3 Å². The number of nitrogens with two attached hydrogens (primary N) is 1. The number of pyridine rings is 1. The minimum Gasteiger partial charge on any atom is -0.381 e. The first-order valence-electron chi connectivity index (χ1n) is 14.9. The zero-order chi connectivity index (χ0) is 29.1. The lowest BCUT2D eigenvalue weighted by molar-refractivity contribution is -0.122. The lowest BCUT2D eigenvalue weighted by Gasteiger charge is -2.32. The molecule has 3 atom stereocenters. The maximum absolute atomic E-state index is 13.3. The van der Waals surface area contributed by atoms with Gasteiger partial charge in [0.2, 0.25) is 5.91 Å². The summed E-state index contributed by atoms with van der Waals surface area (Å²) in [6.45, 7) is 3.82. The Kier molecular flexibility index (Phi) is 8.20. The summed E-state index contributed by atoms with van der Waals surface area (Å²) in [5, 5.41) is 3.55. The largest absolute Gasteiger partial charge is 0.381 e. The first kappa shape index (κ1) is 27.9. The number of carbonyl (C=O) groups excluding carboxylic acids is 2. The second-order valence-electron chi connectivity index (χ2n) is 11.6. The van der Waals surface area contributed by atoms with Crippen LogP contribution >= 0.6 is 0 Å². The smallest absolute Gasteiger partial charge is 0.220 e. The number of dihydropyridines is 1. The Morgan fingerprint density at radius 1 is 1.14 bits per heavy atom. The molecule has 216 valence electrons. The van der Waals surface area contributed by atoms with Crippen molar-refractivity contribution in [3.63, 3.8) is 0 Å². The first-order chi connectivity index (χ1) is 20.5. The molecule has 2 fully saturated rings. The molecular weight excluding hydrogens is 526 g/mol. The third-order valence-corrected chi connectivity index (χ3v) is 8.89. The summed E-state index contributed by atoms with van der Waals surface area (Å²) in [6, 6.07) is 7.48. The Hall–Kier alpha value is -4.22. The molecule has 1 saturated carbocycles. The molecule has 2 aromatic rings. The maximum atomic E-state index is 13.3. The number of Topliss-reactive ketones (excluding diaryl/α,β-unsaturated/α-hetero) is 1. The average Bonchev–Trinajstić information content (AvgIpc) is 3.49. The van der Waals surface area contributed by atoms with E-state index in [0.29, 0.717) is 43.2 Å². The van der Waals surface area contributed by atoms with Gasteiger partial charge in [0.15, 0.2) is 5.78 Å². The summed E-state index contributed by atoms with van der Waals surface area (Å²) in [5.41, 5.74) is 11.3. The molecule has 3 unspecified atom stereocenters. The third kappa shape index (κ3) is 6.02. The molecule has 2 aromatic heterocycles. The standard InChI is InChI=1S/C34H37N5O3/c1-22-33(40)30(29-20-26(34(35)41)6-7-31(29)38-22)21-37-32-3-2-14-39(32)28-18-24(5-4-23-8-12-36-13-9-23)17-27(19-28)25-10-15-42-16-11-25/h2-3,8-9,12-14,17-18,22,25-27,37H,6-7,10-11,15-16,19-21H2,1H3,(H2,35,41). The fourth-order valence-electron chi connectivity index (χ4n) is 6.54. The van der Waals surface area contributed by atoms with Gasteiger partial charge in [-0.1, -0.05) is 17.9 Å². The zero-order valence-electron chi connectivity index (χ0n) is 24.0. The van der Waals surface area contributed by atoms with E-state index < -0.39 is 6.04 Å². The van der Waals surface area contributed by atoms with Gasteiger partial charge in [0.05, 0.1) is 0 Å². The molecule has 4 aliphatic rings. The maximum Gasteiger partial charge on any atom is 0.220 e. The normalized spacial score (nSPS) is 24.5. The number of rotatable bonds is 6. The van der Waals surface area contributed by atoms with Crippen molar-refractivity contribution in [3.05, 3.63) is 77.3 Å². The minimum atomic E-state index is -0.412. The number of aliphatic imine (C=N–C) groups is 1. The number of primary amides is 1. The number of carbonyl (C=O) groups is 2. The predicted octanol–water partition coefficient (Wildman–Crippen LogP) is 4.55. The number of hydrogen-bond acceptors (Lipinski definition) is 6. The van der Waals surface area contributed by atoms with Crippen molar-refractivity contribution in [1.29, 1.82) is 0 Å². The van der Waals surface area contributed by atoms with Gasteiger partial charge in [-0.15, -0.1) is 0 Å². The number of nitrogens with zero attached hydrogens (tertiary/aromatic N) is 3. The Morgan fingerprint density at radius 3 is 2.74 bits per heavy atom. The van der Waals surface area contributed by atoms with Gasteiger partial charge in [-0.3, -0.25) is 19.6 Å². The summed E-state index contributed by atoms with van der Waals surface area (Å²) in [5.74, 6) is 7.95. The van der Waals surface area contributed by atoms with Crippen molar-refractivity contribution >= 4 is 28.9 Å². The third-order valence-electron chi connectivity index (χ3n) is 8.89. The van der Waals surface area contributed by atoms with Gasteiger partial charge in [-0.25, -0.2) is 0 Å². The van der Waals surface area contributed by atoms with Crippen LogP contribution in [0.1, 0.15) is 51.0 Å². The van der Waals surface area contributed by atoms with Gasteiger partial charge in [-0.05, 0) is 93.2 Å². The molecule has 6 rings (SSSR count). The molecule has 2 aliphatic carbocycles. The van der Waals surface area contributed by atoms with Crippen LogP contribution < -0.4 is 11.1 Å². The van der Waals surface area contributed by atoms with Gasteiger partial charge in [0.1, 0.15) is 11.9 Å². The number of hydrogen-bond donors (Lipinski definition) is 2. The summed E-state index contributed by atoms with van der Waals surface area (Å²) < 4.78 is 7.83. The molecule has 3 N–H and O–H groups in total. The van der Waals surface area contributed by atoms with Gasteiger partial charge in [0, 0.05) is 72.4 Å². The SMILES string of the molecule is CC1N=C2CCC(C(N)=O)CC2=C(CNc2cccn2C2=CC(C#Cc3ccncc3)=CC(C3CCOCC3)C2)C1=O. The van der Waals surface area contributed by atoms with Gasteiger partial charge in [-0.2, -0.15) is 0 Å². The van der Waals surface area contributed by atoms with E-state index in [1.807, 2.05) is 31.2 Å². The quantitative estimate of drug-likeness (QED) is 0.501. The number of nitrogens with one attached hydrogen (secondary N) is 1. The number of ether oxygens (including phenoxy) is 1. The van der Waals surface area contributed by atoms with Crippen LogP contribution in [0, 0.1) is 29.6 Å². The highest BCUT2D eigenvalue weighted by Crippen LogP contribution is 2.37. The van der Waals surface area contributed by atoms with E-state index in [4.69, 9.17) is 10.5 Å². The van der Waals surface area contributed by atoms with E-state index in [9.17, 15) is 9.59 Å². The molecule has 1 amide bonds. The van der Waals surface area contributed by atoms with Crippen molar-refractivity contribution < 1.29 is 14.3 Å². The van der Waals surface area contributed by atoms with E-state index in [2.05, 4.69) is 50.1 Å². The molecular formula is C34H37N5O3. The number of allylic oxidation sites excluding steroid dienone is 5. The Balaban J connectivity index is 1.27. The van der Waals surface area contributed by atoms with Crippen LogP contribution in [0.25, 0.3) is 5.70 Å². The van der Waals surface area contributed by atoms with E-state index in [1.54, 1.807) is 12.4 Å². The van der Waals surface area contributed by atoms with Crippen LogP contribution in [0.2, 0.25) is 0 Å². The molecule has 1 saturated heterocycles. The topological polar surface area (TPSA) is 112 Å². The van der Waals surface area contributed by atoms with Crippen LogP contribution in [0.3, 0.4) is 0 Å². The van der Waals surface area contributed by atoms with Crippen molar-refractivity contribution in [2.75, 3.05) is 25.1 Å². The monoisotopic (exact) mass is 563 g/mol. The molecule has 0 aromatic carbocycles. The van der Waals surface area contributed by atoms with Gasteiger partial charge < -0.3 is 20.4 Å². The fourth-order valence-corrected chi connectivity index (χ4v) is 6.54. The number of amides is 1. The molecule has 42 heavy (non-hydrogen) atoms. The highest BCUT2D eigenvalue weighted by atomic mass is 16.5. The second kappa shape index (κ2) is 12.3. The highest BCUT2D eigenvalue weighted by molar-refractivity contribution is 6.15. The van der Waals surface area contributed by atoms with E-state index in [-0.39, 0.29) is 17.6 Å². The Bertz CT molecular complexity index is 1550. The second-order valence-corrected chi connectivity index (χ2v) is 11.6. The van der Waals surface area contributed by atoms with Crippen LogP contribution in [0.15, 0.2) is 76.7 Å². The summed E-state index contributed by atoms with van der Waals surface area (Å²) in [7, 11) is 0. The average molecular weight is 564 g/mol. The van der Waals surface area contributed by atoms with Crippen LogP contribution in [0.5, 0.6) is 0 Å². The van der Waals surface area contributed by atoms with E-state index in [1.165, 1.54) is 0 Å². The molecule has 0 spiro atoms. The Labute approximate surface area is 246 Å². The number of anilines is 1. The van der Waals surface area contributed by atoms with Crippen molar-refractivity contribution in [1.82, 2.24) is 9.55 Å². The fraction of sp³-hybridized carbons (Fsp3) is 0.412. The summed E-state index contributed by atoms with van der Waals surface area (Å²) >= 11 is 0. The molecule has 8 nitrogen and oxygen atoms in total. The molecule has 4 heterocycles. The molecule has 8 heteroatoms. The number of fused-ring (bicyclic) bond motifs is 1. The van der Waals surface area contributed by atoms with Crippen molar-refractivity contribution in [2.24, 2.45) is 28.5 Å². The first-order valence-corrected chi connectivity index (χ1v) is 14.9. The van der Waals surface area contributed by atoms with Gasteiger partial charge >= 0.3 is 0 Å². The number of aromatic nitrogens is 2. The lowest BCUT2D eigenvalue weighted by Crippen LogP contribution is -2.36. The highest BCUT2D eigenvalue weighted by Gasteiger charge is 2.34. The van der Waals surface area contributed by atoms with Crippen LogP contribution in [0.4, 0.5) is 5.82 Å². The minimum absolute atomic E-state index is 0.0116. The van der Waals surface area contributed by atoms with Crippen molar-refractivity contribution in [3.8, 4) is 11.8 Å². The number of ketones is 1.